The molecule has 1 N–H and O–H groups in total. The molecule has 0 radical (unpaired) electrons. The van der Waals surface area contributed by atoms with Crippen LogP contribution in [0.2, 0.25) is 0 Å². The van der Waals surface area contributed by atoms with Gasteiger partial charge in [-0.1, -0.05) is 18.2 Å². The average molecular weight is 212 g/mol. The van der Waals surface area contributed by atoms with E-state index >= 15 is 0 Å². The van der Waals surface area contributed by atoms with Crippen LogP contribution in [0.3, 0.4) is 0 Å². The molecule has 0 bridgehead atoms. The van der Waals surface area contributed by atoms with Crippen molar-refractivity contribution in [2.75, 3.05) is 10.8 Å². The van der Waals surface area contributed by atoms with E-state index in [4.69, 9.17) is 0 Å². The maximum absolute atomic E-state index is 11.4. The van der Waals surface area contributed by atoms with Gasteiger partial charge in [0.25, 0.3) is 5.91 Å². The molecule has 0 unspecified atom stereocenters. The smallest absolute Gasteiger partial charge is 0.272 e. The summed E-state index contributed by atoms with van der Waals surface area (Å²) >= 11 is 0. The van der Waals surface area contributed by atoms with Crippen molar-refractivity contribution in [3.63, 3.8) is 0 Å². The molecule has 1 aliphatic heterocycles. The molecule has 1 saturated heterocycles. The van der Waals surface area contributed by atoms with Crippen LogP contribution in [0, 0.1) is 0 Å². The number of hydrogen-bond acceptors (Lipinski definition) is 3. The highest BCUT2D eigenvalue weighted by molar-refractivity contribution is 7.92. The number of para-hydroxylation sites is 1. The van der Waals surface area contributed by atoms with Crippen LogP contribution < -0.4 is 9.03 Å². The third-order valence-electron chi connectivity index (χ3n) is 1.86. The van der Waals surface area contributed by atoms with Gasteiger partial charge in [0.05, 0.1) is 12.2 Å². The molecule has 1 aliphatic rings. The lowest BCUT2D eigenvalue weighted by Gasteiger charge is -2.12. The second kappa shape index (κ2) is 3.07. The first-order valence-electron chi connectivity index (χ1n) is 3.99. The fourth-order valence-electron chi connectivity index (χ4n) is 1.27. The van der Waals surface area contributed by atoms with E-state index in [1.165, 1.54) is 0 Å². The van der Waals surface area contributed by atoms with Gasteiger partial charge in [0.1, 0.15) is 0 Å². The topological polar surface area (TPSA) is 66.5 Å². The van der Waals surface area contributed by atoms with Crippen molar-refractivity contribution in [2.24, 2.45) is 0 Å². The van der Waals surface area contributed by atoms with Crippen LogP contribution in [0.15, 0.2) is 30.3 Å². The third-order valence-corrected chi connectivity index (χ3v) is 3.27. The van der Waals surface area contributed by atoms with Gasteiger partial charge < -0.3 is 0 Å². The molecule has 6 heteroatoms. The Morgan fingerprint density at radius 2 is 1.86 bits per heavy atom. The van der Waals surface area contributed by atoms with E-state index in [2.05, 4.69) is 4.72 Å². The number of carbonyl (C=O) groups excluding carboxylic acids is 1. The lowest BCUT2D eigenvalue weighted by atomic mass is 10.3. The average Bonchev–Trinajstić information content (AvgIpc) is 2.42. The van der Waals surface area contributed by atoms with Crippen LogP contribution in [0.4, 0.5) is 5.69 Å². The molecule has 1 fully saturated rings. The summed E-state index contributed by atoms with van der Waals surface area (Å²) in [6.07, 6.45) is 0. The van der Waals surface area contributed by atoms with Crippen molar-refractivity contribution in [3.8, 4) is 0 Å². The van der Waals surface area contributed by atoms with Crippen LogP contribution in [0.25, 0.3) is 0 Å². The minimum Gasteiger partial charge on any atom is -0.272 e. The van der Waals surface area contributed by atoms with Crippen LogP contribution in [-0.2, 0) is 15.0 Å². The number of rotatable bonds is 1. The van der Waals surface area contributed by atoms with Gasteiger partial charge in [0.15, 0.2) is 0 Å². The van der Waals surface area contributed by atoms with Gasteiger partial charge in [0.2, 0.25) is 0 Å². The molecule has 1 aromatic carbocycles. The van der Waals surface area contributed by atoms with Crippen molar-refractivity contribution >= 4 is 21.8 Å². The Morgan fingerprint density at radius 3 is 2.36 bits per heavy atom. The zero-order valence-corrected chi connectivity index (χ0v) is 7.99. The Hall–Kier alpha value is -1.40. The van der Waals surface area contributed by atoms with Crippen LogP contribution in [0.5, 0.6) is 0 Å². The van der Waals surface area contributed by atoms with E-state index in [0.29, 0.717) is 5.69 Å². The summed E-state index contributed by atoms with van der Waals surface area (Å²) in [5.41, 5.74) is 0.363. The number of nitrogens with zero attached hydrogens (tertiary/aromatic N) is 1. The van der Waals surface area contributed by atoms with E-state index in [0.717, 1.165) is 4.31 Å². The Kier molecular flexibility index (Phi) is 2.01. The highest BCUT2D eigenvalue weighted by Crippen LogP contribution is 2.19. The summed E-state index contributed by atoms with van der Waals surface area (Å²) in [6.45, 7) is -0.169. The summed E-state index contributed by atoms with van der Waals surface area (Å²) in [6, 6.07) is 8.25. The van der Waals surface area contributed by atoms with Crippen LogP contribution in [0.1, 0.15) is 0 Å². The van der Waals surface area contributed by atoms with Gasteiger partial charge >= 0.3 is 10.2 Å². The van der Waals surface area contributed by atoms with E-state index in [1.807, 2.05) is 0 Å². The number of hydrogen-bond donors (Lipinski definition) is 1. The second-order valence-electron chi connectivity index (χ2n) is 2.82. The maximum atomic E-state index is 11.4. The molecular formula is C8H8N2O3S. The Bertz CT molecular complexity index is 455. The zero-order valence-electron chi connectivity index (χ0n) is 7.17. The molecule has 5 nitrogen and oxygen atoms in total. The van der Waals surface area contributed by atoms with E-state index in [9.17, 15) is 13.2 Å². The van der Waals surface area contributed by atoms with Gasteiger partial charge in [-0.2, -0.15) is 17.4 Å². The number of carbonyl (C=O) groups is 1. The predicted molar refractivity (Wildman–Crippen MR) is 50.9 cm³/mol. The van der Waals surface area contributed by atoms with Crippen LogP contribution in [-0.4, -0.2) is 20.9 Å². The molecule has 0 aromatic heterocycles. The highest BCUT2D eigenvalue weighted by Gasteiger charge is 2.35. The van der Waals surface area contributed by atoms with Gasteiger partial charge in [-0.3, -0.25) is 4.79 Å². The number of anilines is 1. The Balaban J connectivity index is 2.49. The predicted octanol–water partition coefficient (Wildman–Crippen LogP) is -0.132. The van der Waals surface area contributed by atoms with Crippen molar-refractivity contribution in [2.45, 2.75) is 0 Å². The largest absolute Gasteiger partial charge is 0.308 e. The van der Waals surface area contributed by atoms with Crippen molar-refractivity contribution in [1.82, 2.24) is 4.72 Å². The van der Waals surface area contributed by atoms with Crippen molar-refractivity contribution in [1.29, 1.82) is 0 Å². The first-order valence-corrected chi connectivity index (χ1v) is 5.43. The SMILES string of the molecule is O=C1CNS(=O)(=O)N1c1ccccc1. The lowest BCUT2D eigenvalue weighted by Crippen LogP contribution is -2.31. The van der Waals surface area contributed by atoms with E-state index in [-0.39, 0.29) is 6.54 Å². The number of nitrogens with one attached hydrogen (secondary N) is 1. The first-order chi connectivity index (χ1) is 6.61. The molecule has 14 heavy (non-hydrogen) atoms. The fraction of sp³-hybridized carbons (Fsp3) is 0.125. The summed E-state index contributed by atoms with van der Waals surface area (Å²) in [5, 5.41) is 0. The summed E-state index contributed by atoms with van der Waals surface area (Å²) < 4.78 is 25.6. The van der Waals surface area contributed by atoms with Gasteiger partial charge in [-0.25, -0.2) is 0 Å². The van der Waals surface area contributed by atoms with Crippen LogP contribution >= 0.6 is 0 Å². The summed E-state index contributed by atoms with van der Waals surface area (Å²) in [5.74, 6) is -0.462. The molecule has 74 valence electrons. The molecule has 0 aliphatic carbocycles. The second-order valence-corrected chi connectivity index (χ2v) is 4.42. The summed E-state index contributed by atoms with van der Waals surface area (Å²) in [4.78, 5) is 11.3. The summed E-state index contributed by atoms with van der Waals surface area (Å²) in [7, 11) is -3.66. The monoisotopic (exact) mass is 212 g/mol. The molecule has 2 rings (SSSR count). The molecule has 1 heterocycles. The van der Waals surface area contributed by atoms with Gasteiger partial charge in [0, 0.05) is 0 Å². The quantitative estimate of drug-likeness (QED) is 0.705. The molecule has 1 aromatic rings. The minimum atomic E-state index is -3.66. The minimum absolute atomic E-state index is 0.169. The van der Waals surface area contributed by atoms with E-state index in [1.54, 1.807) is 30.3 Å². The van der Waals surface area contributed by atoms with Gasteiger partial charge in [-0.15, -0.1) is 0 Å². The molecule has 0 spiro atoms. The molecule has 1 amide bonds. The third kappa shape index (κ3) is 1.38. The number of benzene rings is 1. The molecule has 0 atom stereocenters. The Labute approximate surface area is 81.5 Å². The van der Waals surface area contributed by atoms with Gasteiger partial charge in [-0.05, 0) is 12.1 Å². The standard InChI is InChI=1S/C8H8N2O3S/c11-8-6-9-14(12,13)10(8)7-4-2-1-3-5-7/h1-5,9H,6H2. The molecular weight excluding hydrogens is 204 g/mol. The highest BCUT2D eigenvalue weighted by atomic mass is 32.2. The maximum Gasteiger partial charge on any atom is 0.308 e. The normalized spacial score (nSPS) is 20.0. The molecule has 0 saturated carbocycles. The number of amides is 1. The lowest BCUT2D eigenvalue weighted by molar-refractivity contribution is -0.115. The Morgan fingerprint density at radius 1 is 1.21 bits per heavy atom. The first kappa shape index (κ1) is 9.17. The van der Waals surface area contributed by atoms with E-state index < -0.39 is 16.1 Å². The van der Waals surface area contributed by atoms with Crippen molar-refractivity contribution < 1.29 is 13.2 Å². The van der Waals surface area contributed by atoms with Crippen molar-refractivity contribution in [3.05, 3.63) is 30.3 Å². The zero-order chi connectivity index (χ0) is 10.2. The fourth-order valence-corrected chi connectivity index (χ4v) is 2.44.